The van der Waals surface area contributed by atoms with Gasteiger partial charge in [0.1, 0.15) is 11.6 Å². The fraction of sp³-hybridized carbons (Fsp3) is 0.500. The van der Waals surface area contributed by atoms with Crippen molar-refractivity contribution in [2.75, 3.05) is 25.5 Å². The minimum atomic E-state index is -0.137. The second kappa shape index (κ2) is 7.91. The number of hydrogen-bond acceptors (Lipinski definition) is 6. The van der Waals surface area contributed by atoms with E-state index in [1.165, 1.54) is 24.6 Å². The van der Waals surface area contributed by atoms with E-state index in [0.29, 0.717) is 17.4 Å². The van der Waals surface area contributed by atoms with Crippen LogP contribution in [0.4, 0.5) is 5.82 Å². The van der Waals surface area contributed by atoms with Gasteiger partial charge >= 0.3 is 0 Å². The van der Waals surface area contributed by atoms with Crippen LogP contribution < -0.4 is 10.2 Å². The number of amides is 1. The number of aryl methyl sites for hydroxylation is 1. The minimum absolute atomic E-state index is 0.137. The van der Waals surface area contributed by atoms with E-state index in [-0.39, 0.29) is 5.91 Å². The van der Waals surface area contributed by atoms with E-state index in [4.69, 9.17) is 4.42 Å². The van der Waals surface area contributed by atoms with Crippen molar-refractivity contribution in [1.82, 2.24) is 15.3 Å². The molecule has 0 atom stereocenters. The SMILES string of the molecule is CCc1cc(N(C)C)nc(SCc2ccc(C(=O)NCC3CC3)o2)n1. The van der Waals surface area contributed by atoms with Crippen molar-refractivity contribution in [3.8, 4) is 0 Å². The highest BCUT2D eigenvalue weighted by molar-refractivity contribution is 7.98. The van der Waals surface area contributed by atoms with Gasteiger partial charge in [0.25, 0.3) is 5.91 Å². The van der Waals surface area contributed by atoms with E-state index in [1.807, 2.05) is 31.1 Å². The van der Waals surface area contributed by atoms with Crippen molar-refractivity contribution >= 4 is 23.5 Å². The van der Waals surface area contributed by atoms with E-state index in [1.54, 1.807) is 6.07 Å². The summed E-state index contributed by atoms with van der Waals surface area (Å²) in [5.41, 5.74) is 1.01. The number of furan rings is 1. The number of carbonyl (C=O) groups excluding carboxylic acids is 1. The van der Waals surface area contributed by atoms with Crippen molar-refractivity contribution in [1.29, 1.82) is 0 Å². The maximum Gasteiger partial charge on any atom is 0.287 e. The lowest BCUT2D eigenvalue weighted by Crippen LogP contribution is -2.24. The average molecular weight is 360 g/mol. The first-order valence-corrected chi connectivity index (χ1v) is 9.58. The molecule has 0 saturated heterocycles. The quantitative estimate of drug-likeness (QED) is 0.576. The van der Waals surface area contributed by atoms with Crippen LogP contribution in [0.3, 0.4) is 0 Å². The highest BCUT2D eigenvalue weighted by Gasteiger charge is 2.22. The molecule has 1 saturated carbocycles. The Morgan fingerprint density at radius 3 is 2.84 bits per heavy atom. The van der Waals surface area contributed by atoms with Gasteiger partial charge in [-0.1, -0.05) is 18.7 Å². The Morgan fingerprint density at radius 2 is 2.16 bits per heavy atom. The fourth-order valence-electron chi connectivity index (χ4n) is 2.29. The maximum atomic E-state index is 12.0. The maximum absolute atomic E-state index is 12.0. The summed E-state index contributed by atoms with van der Waals surface area (Å²) < 4.78 is 5.66. The lowest BCUT2D eigenvalue weighted by molar-refractivity contribution is 0.0922. The van der Waals surface area contributed by atoms with Crippen LogP contribution in [0, 0.1) is 5.92 Å². The zero-order chi connectivity index (χ0) is 17.8. The summed E-state index contributed by atoms with van der Waals surface area (Å²) in [5, 5.41) is 3.63. The molecule has 0 aliphatic heterocycles. The summed E-state index contributed by atoms with van der Waals surface area (Å²) in [6.45, 7) is 2.82. The topological polar surface area (TPSA) is 71.3 Å². The Morgan fingerprint density at radius 1 is 1.36 bits per heavy atom. The molecule has 6 nitrogen and oxygen atoms in total. The van der Waals surface area contributed by atoms with E-state index >= 15 is 0 Å². The Balaban J connectivity index is 1.59. The van der Waals surface area contributed by atoms with Gasteiger partial charge in [0.15, 0.2) is 10.9 Å². The van der Waals surface area contributed by atoms with Crippen molar-refractivity contribution in [2.45, 2.75) is 37.1 Å². The monoisotopic (exact) mass is 360 g/mol. The zero-order valence-electron chi connectivity index (χ0n) is 14.9. The number of rotatable bonds is 8. The van der Waals surface area contributed by atoms with Crippen LogP contribution in [0.25, 0.3) is 0 Å². The summed E-state index contributed by atoms with van der Waals surface area (Å²) in [4.78, 5) is 23.1. The van der Waals surface area contributed by atoms with Crippen LogP contribution in [0.1, 0.15) is 41.8 Å². The molecule has 134 valence electrons. The van der Waals surface area contributed by atoms with Gasteiger partial charge in [0.2, 0.25) is 0 Å². The average Bonchev–Trinajstić information content (AvgIpc) is 3.32. The molecule has 0 spiro atoms. The largest absolute Gasteiger partial charge is 0.455 e. The van der Waals surface area contributed by atoms with Crippen molar-refractivity contribution in [3.63, 3.8) is 0 Å². The molecule has 0 radical (unpaired) electrons. The summed E-state index contributed by atoms with van der Waals surface area (Å²) in [6.07, 6.45) is 3.29. The molecule has 2 heterocycles. The molecule has 3 rings (SSSR count). The Kier molecular flexibility index (Phi) is 5.63. The number of hydrogen-bond donors (Lipinski definition) is 1. The third kappa shape index (κ3) is 4.98. The van der Waals surface area contributed by atoms with Crippen LogP contribution in [-0.4, -0.2) is 36.5 Å². The standard InChI is InChI=1S/C18H24N4O2S/c1-4-13-9-16(22(2)3)21-18(20-13)25-11-14-7-8-15(24-14)17(23)19-10-12-5-6-12/h7-9,12H,4-6,10-11H2,1-3H3,(H,19,23). The van der Waals surface area contributed by atoms with Crippen LogP contribution in [0.15, 0.2) is 27.8 Å². The minimum Gasteiger partial charge on any atom is -0.455 e. The summed E-state index contributed by atoms with van der Waals surface area (Å²) in [5.74, 6) is 3.13. The Hall–Kier alpha value is -2.02. The smallest absolute Gasteiger partial charge is 0.287 e. The second-order valence-corrected chi connectivity index (χ2v) is 7.40. The first kappa shape index (κ1) is 17.8. The van der Waals surface area contributed by atoms with E-state index in [9.17, 15) is 4.79 Å². The van der Waals surface area contributed by atoms with Gasteiger partial charge < -0.3 is 14.6 Å². The lowest BCUT2D eigenvalue weighted by Gasteiger charge is -2.13. The molecular weight excluding hydrogens is 336 g/mol. The summed E-state index contributed by atoms with van der Waals surface area (Å²) >= 11 is 1.51. The molecule has 1 fully saturated rings. The van der Waals surface area contributed by atoms with Gasteiger partial charge in [-0.3, -0.25) is 4.79 Å². The normalized spacial score (nSPS) is 13.7. The van der Waals surface area contributed by atoms with Crippen LogP contribution >= 0.6 is 11.8 Å². The number of nitrogens with one attached hydrogen (secondary N) is 1. The number of anilines is 1. The second-order valence-electron chi connectivity index (χ2n) is 6.46. The van der Waals surface area contributed by atoms with Gasteiger partial charge in [-0.15, -0.1) is 0 Å². The van der Waals surface area contributed by atoms with Crippen LogP contribution in [0.2, 0.25) is 0 Å². The van der Waals surface area contributed by atoms with E-state index in [0.717, 1.165) is 35.4 Å². The number of thioether (sulfide) groups is 1. The highest BCUT2D eigenvalue weighted by Crippen LogP contribution is 2.28. The van der Waals surface area contributed by atoms with E-state index in [2.05, 4.69) is 22.2 Å². The molecule has 1 amide bonds. The molecule has 0 aromatic carbocycles. The number of carbonyl (C=O) groups is 1. The van der Waals surface area contributed by atoms with E-state index < -0.39 is 0 Å². The molecule has 1 aliphatic rings. The Labute approximate surface area is 152 Å². The van der Waals surface area contributed by atoms with Crippen molar-refractivity contribution in [2.24, 2.45) is 5.92 Å². The Bertz CT molecular complexity index is 740. The lowest BCUT2D eigenvalue weighted by atomic mass is 10.3. The van der Waals surface area contributed by atoms with Gasteiger partial charge in [-0.05, 0) is 37.3 Å². The third-order valence-electron chi connectivity index (χ3n) is 4.04. The number of aromatic nitrogens is 2. The predicted molar refractivity (Wildman–Crippen MR) is 99.1 cm³/mol. The molecule has 2 aromatic rings. The molecule has 7 heteroatoms. The van der Waals surface area contributed by atoms with Crippen LogP contribution in [0.5, 0.6) is 0 Å². The number of nitrogens with zero attached hydrogens (tertiary/aromatic N) is 3. The highest BCUT2D eigenvalue weighted by atomic mass is 32.2. The van der Waals surface area contributed by atoms with Gasteiger partial charge in [0, 0.05) is 32.4 Å². The summed E-state index contributed by atoms with van der Waals surface area (Å²) in [6, 6.07) is 5.57. The fourth-order valence-corrected chi connectivity index (χ4v) is 3.06. The first-order valence-electron chi connectivity index (χ1n) is 8.60. The first-order chi connectivity index (χ1) is 12.0. The van der Waals surface area contributed by atoms with Gasteiger partial charge in [-0.25, -0.2) is 9.97 Å². The third-order valence-corrected chi connectivity index (χ3v) is 4.91. The zero-order valence-corrected chi connectivity index (χ0v) is 15.7. The molecule has 1 N–H and O–H groups in total. The van der Waals surface area contributed by atoms with Crippen molar-refractivity contribution < 1.29 is 9.21 Å². The molecule has 2 aromatic heterocycles. The molecule has 0 bridgehead atoms. The molecule has 1 aliphatic carbocycles. The van der Waals surface area contributed by atoms with Crippen molar-refractivity contribution in [3.05, 3.63) is 35.4 Å². The predicted octanol–water partition coefficient (Wildman–Crippen LogP) is 3.13. The van der Waals surface area contributed by atoms with Crippen LogP contribution in [-0.2, 0) is 12.2 Å². The van der Waals surface area contributed by atoms with Gasteiger partial charge in [0.05, 0.1) is 5.75 Å². The summed E-state index contributed by atoms with van der Waals surface area (Å²) in [7, 11) is 3.94. The molecule has 25 heavy (non-hydrogen) atoms. The molecule has 0 unspecified atom stereocenters. The molecular formula is C18H24N4O2S. The van der Waals surface area contributed by atoms with Gasteiger partial charge in [-0.2, -0.15) is 0 Å².